The highest BCUT2D eigenvalue weighted by Crippen LogP contribution is 2.29. The van der Waals surface area contributed by atoms with Crippen LogP contribution in [-0.2, 0) is 19.9 Å². The molecule has 0 spiro atoms. The second kappa shape index (κ2) is 6.42. The lowest BCUT2D eigenvalue weighted by Gasteiger charge is -2.10. The lowest BCUT2D eigenvalue weighted by atomic mass is 10.3. The zero-order valence-electron chi connectivity index (χ0n) is 11.4. The van der Waals surface area contributed by atoms with Crippen molar-refractivity contribution in [3.63, 3.8) is 0 Å². The summed E-state index contributed by atoms with van der Waals surface area (Å²) in [5.74, 6) is 0.376. The monoisotopic (exact) mass is 323 g/mol. The molecule has 0 fully saturated rings. The second-order valence-corrected chi connectivity index (χ2v) is 7.94. The van der Waals surface area contributed by atoms with Crippen LogP contribution in [0.1, 0.15) is 0 Å². The number of sulfonamides is 1. The van der Waals surface area contributed by atoms with Gasteiger partial charge in [0.2, 0.25) is 10.0 Å². The number of benzene rings is 1. The van der Waals surface area contributed by atoms with Crippen molar-refractivity contribution in [1.82, 2.24) is 4.72 Å². The Kier molecular flexibility index (Phi) is 5.37. The molecule has 0 radical (unpaired) electrons. The summed E-state index contributed by atoms with van der Waals surface area (Å²) in [6.07, 6.45) is 0.968. The fourth-order valence-electron chi connectivity index (χ4n) is 1.49. The molecule has 114 valence electrons. The van der Waals surface area contributed by atoms with Gasteiger partial charge in [-0.25, -0.2) is 21.6 Å². The topological polar surface area (TPSA) is 98.8 Å². The van der Waals surface area contributed by atoms with Gasteiger partial charge in [0.05, 0.1) is 31.1 Å². The predicted octanol–water partition coefficient (Wildman–Crippen LogP) is 0.0267. The summed E-state index contributed by atoms with van der Waals surface area (Å²) < 4.78 is 58.1. The zero-order valence-corrected chi connectivity index (χ0v) is 13.0. The molecule has 0 aromatic heterocycles. The lowest BCUT2D eigenvalue weighted by Crippen LogP contribution is -2.28. The van der Waals surface area contributed by atoms with Crippen LogP contribution in [0.4, 0.5) is 0 Å². The van der Waals surface area contributed by atoms with Crippen molar-refractivity contribution in [1.29, 1.82) is 0 Å². The Labute approximate surface area is 118 Å². The number of hydrogen-bond acceptors (Lipinski definition) is 6. The average molecular weight is 323 g/mol. The second-order valence-electron chi connectivity index (χ2n) is 4.00. The molecule has 1 aromatic carbocycles. The summed E-state index contributed by atoms with van der Waals surface area (Å²) in [7, 11) is -4.17. The van der Waals surface area contributed by atoms with Crippen LogP contribution in [0.2, 0.25) is 0 Å². The minimum Gasteiger partial charge on any atom is -0.493 e. The smallest absolute Gasteiger partial charge is 0.208 e. The highest BCUT2D eigenvalue weighted by molar-refractivity contribution is 7.91. The minimum atomic E-state index is -3.60. The van der Waals surface area contributed by atoms with Gasteiger partial charge in [-0.2, -0.15) is 0 Å². The molecular formula is C11H17NO6S2. The van der Waals surface area contributed by atoms with E-state index < -0.39 is 19.9 Å². The standard InChI is InChI=1S/C11H17NO6S2/c1-17-10-5-4-9(8-11(10)18-2)20(15,16)7-6-12-19(3,13)14/h4-5,8,12H,6-7H2,1-3H3. The van der Waals surface area contributed by atoms with Crippen molar-refractivity contribution >= 4 is 19.9 Å². The summed E-state index contributed by atoms with van der Waals surface area (Å²) >= 11 is 0. The maximum absolute atomic E-state index is 12.1. The molecule has 20 heavy (non-hydrogen) atoms. The van der Waals surface area contributed by atoms with Crippen molar-refractivity contribution in [2.24, 2.45) is 0 Å². The first-order valence-electron chi connectivity index (χ1n) is 5.59. The molecule has 1 aromatic rings. The average Bonchev–Trinajstić information content (AvgIpc) is 2.36. The molecule has 0 aliphatic rings. The van der Waals surface area contributed by atoms with Crippen LogP contribution in [0, 0.1) is 0 Å². The Morgan fingerprint density at radius 2 is 1.65 bits per heavy atom. The highest BCUT2D eigenvalue weighted by atomic mass is 32.2. The zero-order chi connectivity index (χ0) is 15.4. The van der Waals surface area contributed by atoms with E-state index in [-0.39, 0.29) is 17.2 Å². The Morgan fingerprint density at radius 3 is 2.15 bits per heavy atom. The van der Waals surface area contributed by atoms with Crippen LogP contribution in [-0.4, -0.2) is 49.6 Å². The van der Waals surface area contributed by atoms with E-state index in [1.165, 1.54) is 32.4 Å². The summed E-state index contributed by atoms with van der Waals surface area (Å²) in [5, 5.41) is 0. The van der Waals surface area contributed by atoms with Gasteiger partial charge in [-0.1, -0.05) is 0 Å². The Bertz CT molecular complexity index is 666. The van der Waals surface area contributed by atoms with E-state index in [2.05, 4.69) is 4.72 Å². The molecule has 1 rings (SSSR count). The molecular weight excluding hydrogens is 306 g/mol. The molecule has 9 heteroatoms. The van der Waals surface area contributed by atoms with Crippen molar-refractivity contribution in [2.45, 2.75) is 4.90 Å². The van der Waals surface area contributed by atoms with Crippen molar-refractivity contribution in [2.75, 3.05) is 32.8 Å². The van der Waals surface area contributed by atoms with E-state index in [0.29, 0.717) is 11.5 Å². The van der Waals surface area contributed by atoms with Crippen LogP contribution >= 0.6 is 0 Å². The number of nitrogens with one attached hydrogen (secondary N) is 1. The van der Waals surface area contributed by atoms with Gasteiger partial charge in [-0.05, 0) is 12.1 Å². The van der Waals surface area contributed by atoms with E-state index in [1.807, 2.05) is 0 Å². The van der Waals surface area contributed by atoms with E-state index in [4.69, 9.17) is 9.47 Å². The third kappa shape index (κ3) is 4.66. The Balaban J connectivity index is 2.93. The van der Waals surface area contributed by atoms with Crippen LogP contribution in [0.5, 0.6) is 11.5 Å². The van der Waals surface area contributed by atoms with Gasteiger partial charge < -0.3 is 9.47 Å². The largest absolute Gasteiger partial charge is 0.493 e. The SMILES string of the molecule is COc1ccc(S(=O)(=O)CCNS(C)(=O)=O)cc1OC. The summed E-state index contributed by atoms with van der Waals surface area (Å²) in [6, 6.07) is 4.21. The predicted molar refractivity (Wildman–Crippen MR) is 74.4 cm³/mol. The van der Waals surface area contributed by atoms with Gasteiger partial charge in [0.15, 0.2) is 21.3 Å². The molecule has 0 aliphatic carbocycles. The van der Waals surface area contributed by atoms with Crippen LogP contribution in [0.25, 0.3) is 0 Å². The summed E-state index contributed by atoms with van der Waals surface area (Å²) in [5.41, 5.74) is 0. The Hall–Kier alpha value is -1.32. The first-order chi connectivity index (χ1) is 9.19. The molecule has 0 saturated carbocycles. The molecule has 0 bridgehead atoms. The van der Waals surface area contributed by atoms with Crippen molar-refractivity contribution < 1.29 is 26.3 Å². The molecule has 1 N–H and O–H groups in total. The summed E-state index contributed by atoms with van der Waals surface area (Å²) in [6.45, 7) is -0.185. The minimum absolute atomic E-state index is 0.0467. The van der Waals surface area contributed by atoms with E-state index in [0.717, 1.165) is 6.26 Å². The lowest BCUT2D eigenvalue weighted by molar-refractivity contribution is 0.354. The molecule has 0 heterocycles. The first kappa shape index (κ1) is 16.7. The van der Waals surface area contributed by atoms with Crippen LogP contribution < -0.4 is 14.2 Å². The normalized spacial score (nSPS) is 12.2. The molecule has 0 saturated heterocycles. The Morgan fingerprint density at radius 1 is 1.05 bits per heavy atom. The highest BCUT2D eigenvalue weighted by Gasteiger charge is 2.17. The molecule has 0 aliphatic heterocycles. The first-order valence-corrected chi connectivity index (χ1v) is 9.13. The van der Waals surface area contributed by atoms with Crippen LogP contribution in [0.15, 0.2) is 23.1 Å². The molecule has 7 nitrogen and oxygen atoms in total. The quantitative estimate of drug-likeness (QED) is 0.760. The summed E-state index contributed by atoms with van der Waals surface area (Å²) in [4.78, 5) is 0.0467. The number of ether oxygens (including phenoxy) is 2. The van der Waals surface area contributed by atoms with Crippen molar-refractivity contribution in [3.05, 3.63) is 18.2 Å². The number of rotatable bonds is 7. The van der Waals surface area contributed by atoms with Gasteiger partial charge in [0, 0.05) is 12.6 Å². The van der Waals surface area contributed by atoms with Gasteiger partial charge in [-0.3, -0.25) is 0 Å². The maximum atomic E-state index is 12.1. The van der Waals surface area contributed by atoms with Gasteiger partial charge in [0.25, 0.3) is 0 Å². The fraction of sp³-hybridized carbons (Fsp3) is 0.455. The van der Waals surface area contributed by atoms with Gasteiger partial charge >= 0.3 is 0 Å². The third-order valence-corrected chi connectivity index (χ3v) is 4.89. The third-order valence-electron chi connectivity index (χ3n) is 2.45. The van der Waals surface area contributed by atoms with E-state index in [9.17, 15) is 16.8 Å². The van der Waals surface area contributed by atoms with Crippen molar-refractivity contribution in [3.8, 4) is 11.5 Å². The number of sulfone groups is 1. The van der Waals surface area contributed by atoms with E-state index in [1.54, 1.807) is 0 Å². The van der Waals surface area contributed by atoms with Gasteiger partial charge in [0.1, 0.15) is 0 Å². The number of methoxy groups -OCH3 is 2. The van der Waals surface area contributed by atoms with Gasteiger partial charge in [-0.15, -0.1) is 0 Å². The maximum Gasteiger partial charge on any atom is 0.208 e. The van der Waals surface area contributed by atoms with E-state index >= 15 is 0 Å². The molecule has 0 amide bonds. The molecule has 0 unspecified atom stereocenters. The molecule has 0 atom stereocenters. The van der Waals surface area contributed by atoms with Crippen LogP contribution in [0.3, 0.4) is 0 Å². The fourth-order valence-corrected chi connectivity index (χ4v) is 3.26. The number of hydrogen-bond donors (Lipinski definition) is 1.